The van der Waals surface area contributed by atoms with Crippen molar-refractivity contribution in [2.45, 2.75) is 10.9 Å². The zero-order valence-electron chi connectivity index (χ0n) is 10.6. The minimum absolute atomic E-state index is 0.770. The number of halogens is 1. The number of hydrogen-bond acceptors (Lipinski definition) is 3. The molecule has 0 fully saturated rings. The van der Waals surface area contributed by atoms with E-state index in [9.17, 15) is 0 Å². The molecule has 20 heavy (non-hydrogen) atoms. The van der Waals surface area contributed by atoms with Crippen LogP contribution >= 0.6 is 27.7 Å². The lowest BCUT2D eigenvalue weighted by Gasteiger charge is -1.98. The van der Waals surface area contributed by atoms with E-state index in [4.69, 9.17) is 0 Å². The molecule has 2 aromatic carbocycles. The second kappa shape index (κ2) is 6.24. The van der Waals surface area contributed by atoms with Crippen LogP contribution in [0.25, 0.3) is 11.4 Å². The maximum atomic E-state index is 4.50. The van der Waals surface area contributed by atoms with E-state index < -0.39 is 0 Å². The van der Waals surface area contributed by atoms with Crippen LogP contribution in [-0.2, 0) is 5.75 Å². The molecule has 1 heterocycles. The van der Waals surface area contributed by atoms with Crippen LogP contribution in [0, 0.1) is 0 Å². The van der Waals surface area contributed by atoms with E-state index in [1.54, 1.807) is 11.8 Å². The lowest BCUT2D eigenvalue weighted by Crippen LogP contribution is -1.82. The third-order valence-corrected chi connectivity index (χ3v) is 4.24. The molecule has 0 radical (unpaired) electrons. The minimum atomic E-state index is 0.770. The molecular weight excluding hydrogens is 334 g/mol. The van der Waals surface area contributed by atoms with Crippen LogP contribution in [0.4, 0.5) is 0 Å². The predicted molar refractivity (Wildman–Crippen MR) is 85.5 cm³/mol. The van der Waals surface area contributed by atoms with Crippen LogP contribution < -0.4 is 0 Å². The third kappa shape index (κ3) is 3.29. The number of thioether (sulfide) groups is 1. The normalized spacial score (nSPS) is 10.7. The van der Waals surface area contributed by atoms with Crippen molar-refractivity contribution in [1.29, 1.82) is 0 Å². The van der Waals surface area contributed by atoms with Gasteiger partial charge in [-0.1, -0.05) is 70.2 Å². The van der Waals surface area contributed by atoms with Crippen molar-refractivity contribution in [2.75, 3.05) is 0 Å². The summed E-state index contributed by atoms with van der Waals surface area (Å²) in [7, 11) is 0. The van der Waals surface area contributed by atoms with E-state index in [1.165, 1.54) is 5.56 Å². The van der Waals surface area contributed by atoms with Crippen molar-refractivity contribution >= 4 is 27.7 Å². The quantitative estimate of drug-likeness (QED) is 0.706. The molecule has 0 saturated carbocycles. The monoisotopic (exact) mass is 345 g/mol. The van der Waals surface area contributed by atoms with E-state index in [0.29, 0.717) is 0 Å². The lowest BCUT2D eigenvalue weighted by molar-refractivity contribution is 0.973. The van der Waals surface area contributed by atoms with Crippen molar-refractivity contribution < 1.29 is 0 Å². The number of aromatic amines is 1. The van der Waals surface area contributed by atoms with Crippen LogP contribution in [0.15, 0.2) is 64.2 Å². The smallest absolute Gasteiger partial charge is 0.209 e. The molecule has 0 aliphatic heterocycles. The standard InChI is InChI=1S/C15H12BrN3S/c16-13-8-6-11(7-9-13)10-20-15-17-14(18-19-15)12-4-2-1-3-5-12/h1-9H,10H2,(H,17,18,19). The van der Waals surface area contributed by atoms with Crippen molar-refractivity contribution in [3.63, 3.8) is 0 Å². The summed E-state index contributed by atoms with van der Waals surface area (Å²) in [6.45, 7) is 0. The fourth-order valence-corrected chi connectivity index (χ4v) is 2.78. The minimum Gasteiger partial charge on any atom is -0.258 e. The van der Waals surface area contributed by atoms with E-state index in [-0.39, 0.29) is 0 Å². The van der Waals surface area contributed by atoms with Crippen molar-refractivity contribution in [3.8, 4) is 11.4 Å². The molecule has 0 saturated heterocycles. The number of hydrogen-bond donors (Lipinski definition) is 1. The van der Waals surface area contributed by atoms with Gasteiger partial charge in [-0.25, -0.2) is 4.98 Å². The van der Waals surface area contributed by atoms with Gasteiger partial charge >= 0.3 is 0 Å². The molecule has 0 unspecified atom stereocenters. The van der Waals surface area contributed by atoms with Gasteiger partial charge in [0.25, 0.3) is 0 Å². The van der Waals surface area contributed by atoms with Crippen molar-refractivity contribution in [3.05, 3.63) is 64.6 Å². The SMILES string of the molecule is Brc1ccc(CSc2n[nH]c(-c3ccccc3)n2)cc1. The molecule has 0 atom stereocenters. The van der Waals surface area contributed by atoms with Crippen molar-refractivity contribution in [1.82, 2.24) is 15.2 Å². The number of nitrogens with zero attached hydrogens (tertiary/aromatic N) is 2. The molecule has 100 valence electrons. The first kappa shape index (κ1) is 13.4. The third-order valence-electron chi connectivity index (χ3n) is 2.79. The molecule has 5 heteroatoms. The van der Waals surface area contributed by atoms with Gasteiger partial charge in [-0.3, -0.25) is 5.10 Å². The maximum Gasteiger partial charge on any atom is 0.209 e. The van der Waals surface area contributed by atoms with Gasteiger partial charge in [-0.2, -0.15) is 0 Å². The van der Waals surface area contributed by atoms with Gasteiger partial charge < -0.3 is 0 Å². The Morgan fingerprint density at radius 3 is 2.50 bits per heavy atom. The van der Waals surface area contributed by atoms with Crippen LogP contribution in [0.3, 0.4) is 0 Å². The Labute approximate surface area is 130 Å². The first-order valence-electron chi connectivity index (χ1n) is 6.16. The zero-order chi connectivity index (χ0) is 13.8. The van der Waals surface area contributed by atoms with Crippen LogP contribution in [0.1, 0.15) is 5.56 Å². The summed E-state index contributed by atoms with van der Waals surface area (Å²) in [5.74, 6) is 1.67. The highest BCUT2D eigenvalue weighted by Crippen LogP contribution is 2.22. The molecule has 0 bridgehead atoms. The van der Waals surface area contributed by atoms with Gasteiger partial charge in [0.15, 0.2) is 5.82 Å². The molecule has 3 rings (SSSR count). The largest absolute Gasteiger partial charge is 0.258 e. The zero-order valence-corrected chi connectivity index (χ0v) is 13.0. The molecule has 0 aliphatic carbocycles. The van der Waals surface area contributed by atoms with E-state index >= 15 is 0 Å². The molecule has 1 N–H and O–H groups in total. The molecular formula is C15H12BrN3S. The Balaban J connectivity index is 1.67. The van der Waals surface area contributed by atoms with Gasteiger partial charge in [0.2, 0.25) is 5.16 Å². The Kier molecular flexibility index (Phi) is 4.18. The summed E-state index contributed by atoms with van der Waals surface area (Å²) in [4.78, 5) is 4.50. The fourth-order valence-electron chi connectivity index (χ4n) is 1.76. The number of rotatable bonds is 4. The molecule has 0 spiro atoms. The summed E-state index contributed by atoms with van der Waals surface area (Å²) < 4.78 is 1.09. The summed E-state index contributed by atoms with van der Waals surface area (Å²) in [6, 6.07) is 18.3. The number of H-pyrrole nitrogens is 1. The number of nitrogens with one attached hydrogen (secondary N) is 1. The lowest BCUT2D eigenvalue weighted by atomic mass is 10.2. The second-order valence-corrected chi connectivity index (χ2v) is 6.11. The molecule has 0 amide bonds. The van der Waals surface area contributed by atoms with Gasteiger partial charge in [-0.15, -0.1) is 5.10 Å². The molecule has 0 aliphatic rings. The van der Waals surface area contributed by atoms with Crippen molar-refractivity contribution in [2.24, 2.45) is 0 Å². The van der Waals surface area contributed by atoms with E-state index in [1.807, 2.05) is 42.5 Å². The molecule has 1 aromatic heterocycles. The Morgan fingerprint density at radius 1 is 1.00 bits per heavy atom. The Hall–Kier alpha value is -1.59. The van der Waals surface area contributed by atoms with E-state index in [2.05, 4.69) is 43.2 Å². The molecule has 3 nitrogen and oxygen atoms in total. The highest BCUT2D eigenvalue weighted by Gasteiger charge is 2.05. The molecule has 3 aromatic rings. The van der Waals surface area contributed by atoms with Gasteiger partial charge in [0, 0.05) is 15.8 Å². The van der Waals surface area contributed by atoms with Gasteiger partial charge in [-0.05, 0) is 17.7 Å². The fraction of sp³-hybridized carbons (Fsp3) is 0.0667. The first-order valence-corrected chi connectivity index (χ1v) is 7.94. The Bertz CT molecular complexity index is 680. The van der Waals surface area contributed by atoms with E-state index in [0.717, 1.165) is 26.8 Å². The second-order valence-electron chi connectivity index (χ2n) is 4.25. The summed E-state index contributed by atoms with van der Waals surface area (Å²) in [5, 5.41) is 7.99. The highest BCUT2D eigenvalue weighted by atomic mass is 79.9. The average Bonchev–Trinajstić information content (AvgIpc) is 2.97. The average molecular weight is 346 g/mol. The number of aromatic nitrogens is 3. The van der Waals surface area contributed by atoms with Gasteiger partial charge in [0.05, 0.1) is 0 Å². The van der Waals surface area contributed by atoms with Crippen LogP contribution in [0.5, 0.6) is 0 Å². The summed E-state index contributed by atoms with van der Waals surface area (Å²) in [5.41, 5.74) is 2.31. The van der Waals surface area contributed by atoms with Crippen LogP contribution in [0.2, 0.25) is 0 Å². The van der Waals surface area contributed by atoms with Crippen LogP contribution in [-0.4, -0.2) is 15.2 Å². The number of benzene rings is 2. The topological polar surface area (TPSA) is 41.6 Å². The maximum absolute atomic E-state index is 4.50. The summed E-state index contributed by atoms with van der Waals surface area (Å²) in [6.07, 6.45) is 0. The predicted octanol–water partition coefficient (Wildman–Crippen LogP) is 4.53. The Morgan fingerprint density at radius 2 is 1.75 bits per heavy atom. The van der Waals surface area contributed by atoms with Gasteiger partial charge in [0.1, 0.15) is 0 Å². The summed E-state index contributed by atoms with van der Waals surface area (Å²) >= 11 is 5.06. The highest BCUT2D eigenvalue weighted by molar-refractivity contribution is 9.10. The first-order chi connectivity index (χ1) is 9.81.